The van der Waals surface area contributed by atoms with Gasteiger partial charge in [-0.3, -0.25) is 9.78 Å². The number of amides is 1. The van der Waals surface area contributed by atoms with E-state index in [1.54, 1.807) is 11.1 Å². The number of aromatic nitrogens is 1. The third-order valence-corrected chi connectivity index (χ3v) is 2.95. The van der Waals surface area contributed by atoms with E-state index in [1.165, 1.54) is 5.56 Å². The Labute approximate surface area is 95.5 Å². The fourth-order valence-electron chi connectivity index (χ4n) is 2.07. The molecule has 0 bridgehead atoms. The molecule has 1 saturated heterocycles. The highest BCUT2D eigenvalue weighted by Crippen LogP contribution is 2.15. The lowest BCUT2D eigenvalue weighted by Crippen LogP contribution is -2.28. The van der Waals surface area contributed by atoms with Crippen LogP contribution in [0.3, 0.4) is 0 Å². The normalized spacial score (nSPS) is 20.5. The van der Waals surface area contributed by atoms with Gasteiger partial charge in [0.15, 0.2) is 0 Å². The van der Waals surface area contributed by atoms with Crippen LogP contribution in [0.1, 0.15) is 24.6 Å². The highest BCUT2D eigenvalue weighted by Gasteiger charge is 2.27. The van der Waals surface area contributed by atoms with E-state index in [0.29, 0.717) is 19.5 Å². The molecule has 2 heterocycles. The highest BCUT2D eigenvalue weighted by atomic mass is 16.2. The van der Waals surface area contributed by atoms with Crippen molar-refractivity contribution in [1.29, 1.82) is 0 Å². The number of nitrogens with zero attached hydrogens (tertiary/aromatic N) is 2. The fraction of sp³-hybridized carbons (Fsp3) is 0.500. The topological polar surface area (TPSA) is 59.2 Å². The van der Waals surface area contributed by atoms with Crippen LogP contribution >= 0.6 is 0 Å². The van der Waals surface area contributed by atoms with Crippen LogP contribution in [0.5, 0.6) is 0 Å². The van der Waals surface area contributed by atoms with Gasteiger partial charge >= 0.3 is 0 Å². The Bertz CT molecular complexity index is 392. The standard InChI is InChI=1S/C12H17N3O/c1-2-9-4-3-5-14-11(9)8-15-7-10(13)6-12(15)16/h3-5,10H,2,6-8,13H2,1H3. The maximum atomic E-state index is 11.6. The third-order valence-electron chi connectivity index (χ3n) is 2.95. The van der Waals surface area contributed by atoms with E-state index in [1.807, 2.05) is 6.07 Å². The minimum absolute atomic E-state index is 0.0127. The van der Waals surface area contributed by atoms with Crippen molar-refractivity contribution in [2.75, 3.05) is 6.54 Å². The summed E-state index contributed by atoms with van der Waals surface area (Å²) in [7, 11) is 0. The van der Waals surface area contributed by atoms with E-state index < -0.39 is 0 Å². The molecule has 4 heteroatoms. The number of aryl methyl sites for hydroxylation is 1. The zero-order chi connectivity index (χ0) is 11.5. The van der Waals surface area contributed by atoms with Crippen LogP contribution in [-0.2, 0) is 17.8 Å². The summed E-state index contributed by atoms with van der Waals surface area (Å²) >= 11 is 0. The average molecular weight is 219 g/mol. The van der Waals surface area contributed by atoms with E-state index >= 15 is 0 Å². The minimum atomic E-state index is -0.0127. The second-order valence-electron chi connectivity index (χ2n) is 4.20. The summed E-state index contributed by atoms with van der Waals surface area (Å²) in [6, 6.07) is 3.98. The second kappa shape index (κ2) is 4.61. The van der Waals surface area contributed by atoms with Crippen molar-refractivity contribution in [2.24, 2.45) is 5.73 Å². The Morgan fingerprint density at radius 3 is 3.06 bits per heavy atom. The number of pyridine rings is 1. The quantitative estimate of drug-likeness (QED) is 0.814. The highest BCUT2D eigenvalue weighted by molar-refractivity contribution is 5.79. The van der Waals surface area contributed by atoms with Gasteiger partial charge < -0.3 is 10.6 Å². The molecule has 16 heavy (non-hydrogen) atoms. The number of nitrogens with two attached hydrogens (primary N) is 1. The summed E-state index contributed by atoms with van der Waals surface area (Å²) in [5.74, 6) is 0.139. The van der Waals surface area contributed by atoms with Gasteiger partial charge in [0.1, 0.15) is 0 Å². The Kier molecular flexibility index (Phi) is 3.19. The van der Waals surface area contributed by atoms with Gasteiger partial charge in [-0.25, -0.2) is 0 Å². The van der Waals surface area contributed by atoms with Gasteiger partial charge in [0.05, 0.1) is 12.2 Å². The lowest BCUT2D eigenvalue weighted by Gasteiger charge is -2.17. The maximum absolute atomic E-state index is 11.6. The van der Waals surface area contributed by atoms with Gasteiger partial charge in [0.25, 0.3) is 0 Å². The predicted octanol–water partition coefficient (Wildman–Crippen LogP) is 0.704. The number of likely N-dealkylation sites (tertiary alicyclic amines) is 1. The summed E-state index contributed by atoms with van der Waals surface area (Å²) in [6.07, 6.45) is 3.18. The number of carbonyl (C=O) groups excluding carboxylic acids is 1. The van der Waals surface area contributed by atoms with Crippen LogP contribution in [0.2, 0.25) is 0 Å². The molecule has 86 valence electrons. The first kappa shape index (κ1) is 11.1. The van der Waals surface area contributed by atoms with E-state index in [2.05, 4.69) is 18.0 Å². The molecule has 0 aromatic carbocycles. The first-order valence-electron chi connectivity index (χ1n) is 5.66. The van der Waals surface area contributed by atoms with Crippen molar-refractivity contribution < 1.29 is 4.79 Å². The summed E-state index contributed by atoms with van der Waals surface area (Å²) in [5.41, 5.74) is 7.95. The van der Waals surface area contributed by atoms with Crippen molar-refractivity contribution in [3.63, 3.8) is 0 Å². The van der Waals surface area contributed by atoms with Gasteiger partial charge in [-0.1, -0.05) is 13.0 Å². The fourth-order valence-corrected chi connectivity index (χ4v) is 2.07. The Morgan fingerprint density at radius 2 is 2.44 bits per heavy atom. The zero-order valence-corrected chi connectivity index (χ0v) is 9.52. The summed E-state index contributed by atoms with van der Waals surface area (Å²) < 4.78 is 0. The first-order chi connectivity index (χ1) is 7.70. The Morgan fingerprint density at radius 1 is 1.62 bits per heavy atom. The smallest absolute Gasteiger partial charge is 0.224 e. The van der Waals surface area contributed by atoms with Gasteiger partial charge in [0, 0.05) is 25.2 Å². The number of rotatable bonds is 3. The molecule has 1 aliphatic heterocycles. The molecular weight excluding hydrogens is 202 g/mol. The molecule has 0 radical (unpaired) electrons. The van der Waals surface area contributed by atoms with Gasteiger partial charge in [-0.05, 0) is 18.1 Å². The van der Waals surface area contributed by atoms with Crippen LogP contribution in [0.25, 0.3) is 0 Å². The molecule has 2 N–H and O–H groups in total. The zero-order valence-electron chi connectivity index (χ0n) is 9.52. The SMILES string of the molecule is CCc1cccnc1CN1CC(N)CC1=O. The molecule has 0 saturated carbocycles. The largest absolute Gasteiger partial charge is 0.335 e. The number of carbonyl (C=O) groups is 1. The second-order valence-corrected chi connectivity index (χ2v) is 4.20. The molecule has 0 spiro atoms. The van der Waals surface area contributed by atoms with E-state index in [4.69, 9.17) is 5.73 Å². The predicted molar refractivity (Wildman–Crippen MR) is 61.6 cm³/mol. The van der Waals surface area contributed by atoms with Crippen LogP contribution in [0.15, 0.2) is 18.3 Å². The minimum Gasteiger partial charge on any atom is -0.335 e. The molecular formula is C12H17N3O. The van der Waals surface area contributed by atoms with Crippen molar-refractivity contribution in [3.05, 3.63) is 29.6 Å². The van der Waals surface area contributed by atoms with E-state index in [0.717, 1.165) is 12.1 Å². The van der Waals surface area contributed by atoms with E-state index in [-0.39, 0.29) is 11.9 Å². The lowest BCUT2D eigenvalue weighted by atomic mass is 10.1. The van der Waals surface area contributed by atoms with Gasteiger partial charge in [0.2, 0.25) is 5.91 Å². The average Bonchev–Trinajstić information content (AvgIpc) is 2.58. The Hall–Kier alpha value is -1.42. The molecule has 1 aromatic rings. The van der Waals surface area contributed by atoms with Crippen LogP contribution in [0.4, 0.5) is 0 Å². The monoisotopic (exact) mass is 219 g/mol. The molecule has 1 amide bonds. The maximum Gasteiger partial charge on any atom is 0.224 e. The molecule has 1 unspecified atom stereocenters. The third kappa shape index (κ3) is 2.22. The molecule has 0 aliphatic carbocycles. The summed E-state index contributed by atoms with van der Waals surface area (Å²) in [5, 5.41) is 0. The van der Waals surface area contributed by atoms with Crippen molar-refractivity contribution in [1.82, 2.24) is 9.88 Å². The van der Waals surface area contributed by atoms with Crippen molar-refractivity contribution in [3.8, 4) is 0 Å². The molecule has 1 aliphatic rings. The molecule has 1 fully saturated rings. The summed E-state index contributed by atoms with van der Waals surface area (Å²) in [4.78, 5) is 17.7. The number of hydrogen-bond donors (Lipinski definition) is 1. The van der Waals surface area contributed by atoms with Crippen molar-refractivity contribution >= 4 is 5.91 Å². The molecule has 1 atom stereocenters. The van der Waals surface area contributed by atoms with Crippen LogP contribution < -0.4 is 5.73 Å². The van der Waals surface area contributed by atoms with Gasteiger partial charge in [-0.15, -0.1) is 0 Å². The number of hydrogen-bond acceptors (Lipinski definition) is 3. The molecule has 4 nitrogen and oxygen atoms in total. The molecule has 1 aromatic heterocycles. The van der Waals surface area contributed by atoms with Crippen LogP contribution in [-0.4, -0.2) is 28.4 Å². The van der Waals surface area contributed by atoms with Crippen LogP contribution in [0, 0.1) is 0 Å². The lowest BCUT2D eigenvalue weighted by molar-refractivity contribution is -0.128. The van der Waals surface area contributed by atoms with E-state index in [9.17, 15) is 4.79 Å². The summed E-state index contributed by atoms with van der Waals surface area (Å²) in [6.45, 7) is 3.34. The first-order valence-corrected chi connectivity index (χ1v) is 5.66. The Balaban J connectivity index is 2.12. The van der Waals surface area contributed by atoms with Crippen molar-refractivity contribution in [2.45, 2.75) is 32.4 Å². The van der Waals surface area contributed by atoms with Gasteiger partial charge in [-0.2, -0.15) is 0 Å². The molecule has 2 rings (SSSR count).